The summed E-state index contributed by atoms with van der Waals surface area (Å²) in [6, 6.07) is 10.2. The van der Waals surface area contributed by atoms with E-state index in [1.54, 1.807) is 0 Å². The van der Waals surface area contributed by atoms with E-state index in [9.17, 15) is 23.5 Å². The van der Waals surface area contributed by atoms with E-state index in [0.717, 1.165) is 5.56 Å². The Morgan fingerprint density at radius 3 is 2.59 bits per heavy atom. The van der Waals surface area contributed by atoms with Gasteiger partial charge in [0.15, 0.2) is 0 Å². The smallest absolute Gasteiger partial charge is 0.263 e. The maximum absolute atomic E-state index is 12.8. The van der Waals surface area contributed by atoms with Crippen molar-refractivity contribution in [1.29, 1.82) is 0 Å². The third kappa shape index (κ3) is 5.26. The molecule has 8 nitrogen and oxygen atoms in total. The van der Waals surface area contributed by atoms with Gasteiger partial charge in [0, 0.05) is 25.0 Å². The van der Waals surface area contributed by atoms with E-state index < -0.39 is 28.0 Å². The minimum Gasteiger partial charge on any atom is -0.355 e. The van der Waals surface area contributed by atoms with Crippen LogP contribution in [0.4, 0.5) is 0 Å². The second-order valence-electron chi connectivity index (χ2n) is 7.13. The minimum atomic E-state index is -2.67. The number of nitrogens with zero attached hydrogens (tertiary/aromatic N) is 1. The van der Waals surface area contributed by atoms with Crippen molar-refractivity contribution in [2.24, 2.45) is 0 Å². The van der Waals surface area contributed by atoms with Gasteiger partial charge in [0.2, 0.25) is 0 Å². The van der Waals surface area contributed by atoms with Gasteiger partial charge < -0.3 is 15.2 Å². The fourth-order valence-corrected chi connectivity index (χ4v) is 5.08. The Hall–Kier alpha value is -2.62. The van der Waals surface area contributed by atoms with Gasteiger partial charge in [-0.05, 0) is 24.5 Å². The van der Waals surface area contributed by atoms with Gasteiger partial charge in [-0.2, -0.15) is 10.6 Å². The lowest BCUT2D eigenvalue weighted by Gasteiger charge is -2.40. The van der Waals surface area contributed by atoms with E-state index in [-0.39, 0.29) is 29.5 Å². The van der Waals surface area contributed by atoms with Gasteiger partial charge in [0.1, 0.15) is 5.56 Å². The summed E-state index contributed by atoms with van der Waals surface area (Å²) >= 11 is 0. The van der Waals surface area contributed by atoms with Crippen LogP contribution in [0.3, 0.4) is 0 Å². The summed E-state index contributed by atoms with van der Waals surface area (Å²) in [5.74, 6) is -0.565. The zero-order chi connectivity index (χ0) is 21.0. The Bertz CT molecular complexity index is 958. The number of hydrogen-bond donors (Lipinski definition) is 4. The maximum atomic E-state index is 12.8. The monoisotopic (exact) mass is 419 g/mol. The van der Waals surface area contributed by atoms with Crippen LogP contribution in [0.1, 0.15) is 39.1 Å². The summed E-state index contributed by atoms with van der Waals surface area (Å²) in [4.78, 5) is 37.7. The first kappa shape index (κ1) is 21.1. The summed E-state index contributed by atoms with van der Waals surface area (Å²) in [5.41, 5.74) is 0.415. The molecule has 1 aromatic heterocycles. The van der Waals surface area contributed by atoms with Gasteiger partial charge in [0.05, 0.1) is 17.9 Å². The molecule has 1 unspecified atom stereocenters. The Kier molecular flexibility index (Phi) is 6.41. The Balaban J connectivity index is 1.91. The summed E-state index contributed by atoms with van der Waals surface area (Å²) in [7, 11) is -1.26. The van der Waals surface area contributed by atoms with Crippen LogP contribution < -0.4 is 16.2 Å². The molecule has 2 amide bonds. The molecule has 1 saturated heterocycles. The summed E-state index contributed by atoms with van der Waals surface area (Å²) < 4.78 is 21.2. The Morgan fingerprint density at radius 1 is 1.21 bits per heavy atom. The van der Waals surface area contributed by atoms with Crippen LogP contribution in [0.2, 0.25) is 0 Å². The van der Waals surface area contributed by atoms with Crippen molar-refractivity contribution in [3.63, 3.8) is 0 Å². The van der Waals surface area contributed by atoms with Crippen LogP contribution in [0.25, 0.3) is 0 Å². The van der Waals surface area contributed by atoms with Crippen molar-refractivity contribution in [3.8, 4) is 0 Å². The highest BCUT2D eigenvalue weighted by atomic mass is 32.3. The predicted molar refractivity (Wildman–Crippen MR) is 113 cm³/mol. The number of nitrogens with one attached hydrogen (secondary N) is 2. The molecule has 0 aliphatic carbocycles. The molecule has 1 atom stereocenters. The third-order valence-corrected chi connectivity index (χ3v) is 6.72. The topological polar surface area (TPSA) is 121 Å². The van der Waals surface area contributed by atoms with Crippen LogP contribution in [0, 0.1) is 0 Å². The van der Waals surface area contributed by atoms with Gasteiger partial charge in [0.25, 0.3) is 17.4 Å². The number of carbonyl (C=O) groups excluding carboxylic acids is 2. The maximum Gasteiger partial charge on any atom is 0.263 e. The van der Waals surface area contributed by atoms with Crippen molar-refractivity contribution in [3.05, 3.63) is 69.6 Å². The van der Waals surface area contributed by atoms with E-state index in [1.165, 1.54) is 23.9 Å². The largest absolute Gasteiger partial charge is 0.355 e. The molecule has 156 valence electrons. The van der Waals surface area contributed by atoms with Gasteiger partial charge in [-0.3, -0.25) is 23.5 Å². The van der Waals surface area contributed by atoms with Gasteiger partial charge in [-0.15, -0.1) is 0 Å². The molecule has 0 bridgehead atoms. The average molecular weight is 420 g/mol. The van der Waals surface area contributed by atoms with E-state index in [0.29, 0.717) is 18.6 Å². The first-order chi connectivity index (χ1) is 13.8. The lowest BCUT2D eigenvalue weighted by atomic mass is 10.1. The number of aromatic nitrogens is 1. The first-order valence-electron chi connectivity index (χ1n) is 9.34. The van der Waals surface area contributed by atoms with Crippen LogP contribution in [-0.2, 0) is 6.54 Å². The second-order valence-corrected chi connectivity index (χ2v) is 9.47. The normalized spacial score (nSPS) is 19.2. The van der Waals surface area contributed by atoms with Gasteiger partial charge in [-0.1, -0.05) is 30.3 Å². The Morgan fingerprint density at radius 2 is 1.93 bits per heavy atom. The summed E-state index contributed by atoms with van der Waals surface area (Å²) in [6.07, 6.45) is 2.69. The van der Waals surface area contributed by atoms with Crippen LogP contribution in [0.5, 0.6) is 0 Å². The van der Waals surface area contributed by atoms with Crippen LogP contribution in [0.15, 0.2) is 47.4 Å². The van der Waals surface area contributed by atoms with E-state index in [1.807, 2.05) is 30.3 Å². The standard InChI is InChI=1S/C20H25N3O5S/c1-21-19(25)17-10-15(18(24)22-16-8-5-9-29(27,28)13-16)12-23(20(17)26)11-14-6-3-2-4-7-14/h2-4,6-7,10,12,16,27-28H,5,8-9,11,13H2,1H3,(H,21,25)(H,22,24). The minimum absolute atomic E-state index is 0.116. The highest BCUT2D eigenvalue weighted by Gasteiger charge is 2.27. The molecule has 29 heavy (non-hydrogen) atoms. The average Bonchev–Trinajstić information content (AvgIpc) is 2.69. The molecular weight excluding hydrogens is 394 g/mol. The van der Waals surface area contributed by atoms with Crippen LogP contribution >= 0.6 is 10.6 Å². The summed E-state index contributed by atoms with van der Waals surface area (Å²) in [5, 5.41) is 5.23. The van der Waals surface area contributed by atoms with Gasteiger partial charge >= 0.3 is 0 Å². The molecular formula is C20H25N3O5S. The number of benzene rings is 1. The van der Waals surface area contributed by atoms with E-state index in [2.05, 4.69) is 10.6 Å². The molecule has 2 heterocycles. The highest BCUT2D eigenvalue weighted by molar-refractivity contribution is 8.24. The number of rotatable bonds is 5. The first-order valence-corrected chi connectivity index (χ1v) is 11.2. The summed E-state index contributed by atoms with van der Waals surface area (Å²) in [6.45, 7) is 0.217. The molecule has 0 saturated carbocycles. The number of amides is 2. The van der Waals surface area contributed by atoms with Gasteiger partial charge in [-0.25, -0.2) is 0 Å². The molecule has 1 aromatic carbocycles. The second kappa shape index (κ2) is 8.81. The van der Waals surface area contributed by atoms with E-state index in [4.69, 9.17) is 0 Å². The molecule has 3 rings (SSSR count). The van der Waals surface area contributed by atoms with Crippen molar-refractivity contribution in [2.45, 2.75) is 25.4 Å². The molecule has 9 heteroatoms. The molecule has 4 N–H and O–H groups in total. The Labute approximate surface area is 170 Å². The van der Waals surface area contributed by atoms with Crippen molar-refractivity contribution < 1.29 is 18.7 Å². The fraction of sp³-hybridized carbons (Fsp3) is 0.350. The van der Waals surface area contributed by atoms with Crippen molar-refractivity contribution in [2.75, 3.05) is 18.6 Å². The lowest BCUT2D eigenvalue weighted by Crippen LogP contribution is -2.42. The molecule has 1 aliphatic rings. The van der Waals surface area contributed by atoms with Crippen molar-refractivity contribution >= 4 is 22.4 Å². The number of carbonyl (C=O) groups is 2. The lowest BCUT2D eigenvalue weighted by molar-refractivity contribution is 0.0937. The predicted octanol–water partition coefficient (Wildman–Crippen LogP) is 1.90. The molecule has 2 aromatic rings. The van der Waals surface area contributed by atoms with E-state index >= 15 is 0 Å². The fourth-order valence-electron chi connectivity index (χ4n) is 3.39. The highest BCUT2D eigenvalue weighted by Crippen LogP contribution is 2.43. The zero-order valence-electron chi connectivity index (χ0n) is 16.1. The number of pyridine rings is 1. The number of hydrogen-bond acceptors (Lipinski definition) is 5. The van der Waals surface area contributed by atoms with Crippen LogP contribution in [-0.4, -0.2) is 50.1 Å². The van der Waals surface area contributed by atoms with Crippen molar-refractivity contribution in [1.82, 2.24) is 15.2 Å². The molecule has 1 fully saturated rings. The third-order valence-electron chi connectivity index (χ3n) is 4.84. The quantitative estimate of drug-likeness (QED) is 0.590. The molecule has 0 radical (unpaired) electrons. The SMILES string of the molecule is CNC(=O)c1cc(C(=O)NC2CCCS(O)(O)C2)cn(Cc2ccccc2)c1=O. The molecule has 0 spiro atoms. The molecule has 1 aliphatic heterocycles. The zero-order valence-corrected chi connectivity index (χ0v) is 16.9.